The fourth-order valence-corrected chi connectivity index (χ4v) is 3.66. The van der Waals surface area contributed by atoms with E-state index in [0.29, 0.717) is 10.9 Å². The summed E-state index contributed by atoms with van der Waals surface area (Å²) in [6.07, 6.45) is 5.21. The highest BCUT2D eigenvalue weighted by Crippen LogP contribution is 2.22. The van der Waals surface area contributed by atoms with E-state index in [2.05, 4.69) is 20.4 Å². The van der Waals surface area contributed by atoms with Crippen molar-refractivity contribution in [3.63, 3.8) is 0 Å². The second-order valence-electron chi connectivity index (χ2n) is 6.12. The van der Waals surface area contributed by atoms with Crippen LogP contribution in [0.5, 0.6) is 0 Å². The van der Waals surface area contributed by atoms with Gasteiger partial charge in [-0.25, -0.2) is 8.42 Å². The van der Waals surface area contributed by atoms with E-state index in [1.807, 2.05) is 24.3 Å². The smallest absolute Gasteiger partial charge is 0.175 e. The van der Waals surface area contributed by atoms with Crippen molar-refractivity contribution in [3.8, 4) is 0 Å². The summed E-state index contributed by atoms with van der Waals surface area (Å²) in [7, 11) is -3.13. The molecule has 1 N–H and O–H groups in total. The molecule has 1 aliphatic rings. The Bertz CT molecular complexity index is 763. The maximum absolute atomic E-state index is 11.5. The summed E-state index contributed by atoms with van der Waals surface area (Å²) in [5, 5.41) is 11.6. The maximum Gasteiger partial charge on any atom is 0.175 e. The fraction of sp³-hybridized carbons (Fsp3) is 0.412. The zero-order chi connectivity index (χ0) is 17.0. The van der Waals surface area contributed by atoms with Crippen LogP contribution in [0.25, 0.3) is 0 Å². The maximum atomic E-state index is 11.5. The lowest BCUT2D eigenvalue weighted by molar-refractivity contribution is 0.569. The minimum absolute atomic E-state index is 0.357. The Morgan fingerprint density at radius 3 is 2.71 bits per heavy atom. The van der Waals surface area contributed by atoms with Gasteiger partial charge in [0.15, 0.2) is 15.7 Å². The second-order valence-corrected chi connectivity index (χ2v) is 8.13. The van der Waals surface area contributed by atoms with Gasteiger partial charge < -0.3 is 10.2 Å². The molecule has 1 aromatic carbocycles. The van der Waals surface area contributed by atoms with Gasteiger partial charge in [-0.15, -0.1) is 5.10 Å². The Hall–Kier alpha value is -1.99. The minimum Gasteiger partial charge on any atom is -0.351 e. The van der Waals surface area contributed by atoms with Crippen molar-refractivity contribution < 1.29 is 8.42 Å². The second kappa shape index (κ2) is 7.27. The summed E-state index contributed by atoms with van der Waals surface area (Å²) in [5.74, 6) is 0.930. The van der Waals surface area contributed by atoms with E-state index in [4.69, 9.17) is 0 Å². The summed E-state index contributed by atoms with van der Waals surface area (Å²) >= 11 is 0. The molecule has 1 aromatic heterocycles. The molecule has 128 valence electrons. The number of hydrogen-bond donors (Lipinski definition) is 1. The molecule has 0 radical (unpaired) electrons. The van der Waals surface area contributed by atoms with Crippen LogP contribution >= 0.6 is 0 Å². The molecule has 2 aromatic rings. The Balaban J connectivity index is 1.54. The van der Waals surface area contributed by atoms with Gasteiger partial charge in [-0.05, 0) is 42.7 Å². The molecule has 1 atom stereocenters. The van der Waals surface area contributed by atoms with Crippen LogP contribution in [0.3, 0.4) is 0 Å². The van der Waals surface area contributed by atoms with Crippen LogP contribution in [0, 0.1) is 0 Å². The van der Waals surface area contributed by atoms with Crippen LogP contribution in [-0.2, 0) is 16.4 Å². The van der Waals surface area contributed by atoms with Crippen LogP contribution in [0.1, 0.15) is 18.4 Å². The number of aromatic nitrogens is 2. The van der Waals surface area contributed by atoms with Gasteiger partial charge in [-0.2, -0.15) is 5.10 Å². The predicted molar refractivity (Wildman–Crippen MR) is 93.7 cm³/mol. The van der Waals surface area contributed by atoms with Crippen molar-refractivity contribution in [2.45, 2.75) is 30.3 Å². The van der Waals surface area contributed by atoms with Gasteiger partial charge in [0.25, 0.3) is 0 Å². The molecule has 1 saturated heterocycles. The zero-order valence-corrected chi connectivity index (χ0v) is 14.5. The van der Waals surface area contributed by atoms with Crippen LogP contribution in [-0.4, -0.2) is 44.0 Å². The molecule has 1 aliphatic heterocycles. The lowest BCUT2D eigenvalue weighted by atomic mass is 10.2. The van der Waals surface area contributed by atoms with Gasteiger partial charge in [0.05, 0.1) is 4.90 Å². The molecule has 2 heterocycles. The van der Waals surface area contributed by atoms with Gasteiger partial charge in [0.2, 0.25) is 0 Å². The summed E-state index contributed by atoms with van der Waals surface area (Å²) < 4.78 is 22.9. The largest absolute Gasteiger partial charge is 0.351 e. The van der Waals surface area contributed by atoms with E-state index < -0.39 is 9.84 Å². The number of benzene rings is 1. The lowest BCUT2D eigenvalue weighted by Crippen LogP contribution is -2.38. The molecule has 1 fully saturated rings. The van der Waals surface area contributed by atoms with Crippen molar-refractivity contribution in [2.75, 3.05) is 24.2 Å². The molecule has 3 rings (SSSR count). The lowest BCUT2D eigenvalue weighted by Gasteiger charge is -2.25. The first kappa shape index (κ1) is 16.9. The molecule has 0 aliphatic carbocycles. The number of nitrogens with one attached hydrogen (secondary N) is 1. The van der Waals surface area contributed by atoms with Gasteiger partial charge in [0, 0.05) is 38.1 Å². The number of hydrogen-bond acceptors (Lipinski definition) is 6. The summed E-state index contributed by atoms with van der Waals surface area (Å²) in [6.45, 7) is 2.59. The third-order valence-corrected chi connectivity index (χ3v) is 5.42. The average molecular weight is 346 g/mol. The fourth-order valence-electron chi connectivity index (χ4n) is 3.03. The first-order valence-electron chi connectivity index (χ1n) is 8.08. The number of nitrogens with zero attached hydrogens (tertiary/aromatic N) is 3. The van der Waals surface area contributed by atoms with Crippen molar-refractivity contribution in [1.29, 1.82) is 0 Å². The SMILES string of the molecule is CS(=O)(=O)c1ccc(CNCC2CCCN2c2cccnn2)cc1. The third kappa shape index (κ3) is 4.10. The molecule has 6 nitrogen and oxygen atoms in total. The molecule has 0 saturated carbocycles. The molecular formula is C17H22N4O2S. The van der Waals surface area contributed by atoms with E-state index in [-0.39, 0.29) is 0 Å². The van der Waals surface area contributed by atoms with Crippen molar-refractivity contribution in [2.24, 2.45) is 0 Å². The normalized spacial score (nSPS) is 18.0. The summed E-state index contributed by atoms with van der Waals surface area (Å²) in [6, 6.07) is 11.4. The van der Waals surface area contributed by atoms with Crippen LogP contribution in [0.4, 0.5) is 5.82 Å². The first-order chi connectivity index (χ1) is 11.5. The monoisotopic (exact) mass is 346 g/mol. The summed E-state index contributed by atoms with van der Waals surface area (Å²) in [5.41, 5.74) is 1.08. The zero-order valence-electron chi connectivity index (χ0n) is 13.7. The predicted octanol–water partition coefficient (Wildman–Crippen LogP) is 1.64. The van der Waals surface area contributed by atoms with Gasteiger partial charge in [-0.1, -0.05) is 12.1 Å². The molecule has 0 amide bonds. The van der Waals surface area contributed by atoms with Crippen molar-refractivity contribution in [3.05, 3.63) is 48.2 Å². The molecule has 7 heteroatoms. The number of sulfone groups is 1. The van der Waals surface area contributed by atoms with E-state index in [1.54, 1.807) is 18.3 Å². The Morgan fingerprint density at radius 1 is 1.25 bits per heavy atom. The van der Waals surface area contributed by atoms with Crippen molar-refractivity contribution in [1.82, 2.24) is 15.5 Å². The molecule has 24 heavy (non-hydrogen) atoms. The average Bonchev–Trinajstić information content (AvgIpc) is 3.04. The van der Waals surface area contributed by atoms with Crippen molar-refractivity contribution >= 4 is 15.7 Å². The standard InChI is InChI=1S/C17H22N4O2S/c1-24(22,23)16-8-6-14(7-9-16)12-18-13-15-4-3-11-21(15)17-5-2-10-19-20-17/h2,5-10,15,18H,3-4,11-13H2,1H3. The van der Waals surface area contributed by atoms with Gasteiger partial charge in [-0.3, -0.25) is 0 Å². The highest BCUT2D eigenvalue weighted by Gasteiger charge is 2.25. The van der Waals surface area contributed by atoms with Gasteiger partial charge in [0.1, 0.15) is 0 Å². The first-order valence-corrected chi connectivity index (χ1v) is 9.97. The quantitative estimate of drug-likeness (QED) is 0.857. The van der Waals surface area contributed by atoms with Crippen LogP contribution in [0.2, 0.25) is 0 Å². The van der Waals surface area contributed by atoms with E-state index in [9.17, 15) is 8.42 Å². The highest BCUT2D eigenvalue weighted by molar-refractivity contribution is 7.90. The van der Waals surface area contributed by atoms with Crippen LogP contribution < -0.4 is 10.2 Å². The summed E-state index contributed by atoms with van der Waals surface area (Å²) in [4.78, 5) is 2.66. The minimum atomic E-state index is -3.13. The molecule has 0 spiro atoms. The van der Waals surface area contributed by atoms with E-state index >= 15 is 0 Å². The van der Waals surface area contributed by atoms with E-state index in [1.165, 1.54) is 6.26 Å². The Kier molecular flexibility index (Phi) is 5.11. The Morgan fingerprint density at radius 2 is 2.04 bits per heavy atom. The highest BCUT2D eigenvalue weighted by atomic mass is 32.2. The van der Waals surface area contributed by atoms with Crippen LogP contribution in [0.15, 0.2) is 47.5 Å². The number of anilines is 1. The topological polar surface area (TPSA) is 75.2 Å². The molecular weight excluding hydrogens is 324 g/mol. The molecule has 1 unspecified atom stereocenters. The Labute approximate surface area is 142 Å². The van der Waals surface area contributed by atoms with Gasteiger partial charge >= 0.3 is 0 Å². The molecule has 0 bridgehead atoms. The van der Waals surface area contributed by atoms with E-state index in [0.717, 1.165) is 43.9 Å². The third-order valence-electron chi connectivity index (χ3n) is 4.29. The number of rotatable bonds is 6.